The van der Waals surface area contributed by atoms with Gasteiger partial charge in [-0.25, -0.2) is 0 Å². The smallest absolute Gasteiger partial charge is 0.0781 e. The molecule has 3 rings (SSSR count). The van der Waals surface area contributed by atoms with Crippen molar-refractivity contribution >= 4 is 46.4 Å². The van der Waals surface area contributed by atoms with Gasteiger partial charge in [-0.2, -0.15) is 5.26 Å². The van der Waals surface area contributed by atoms with Crippen LogP contribution in [-0.2, 0) is 6.42 Å². The molecule has 1 heterocycles. The molecule has 0 amide bonds. The van der Waals surface area contributed by atoms with Gasteiger partial charge in [0.1, 0.15) is 0 Å². The van der Waals surface area contributed by atoms with Crippen LogP contribution < -0.4 is 0 Å². The number of hydrogen-bond donors (Lipinski definition) is 0. The fourth-order valence-corrected chi connectivity index (χ4v) is 3.60. The number of aromatic nitrogens is 1. The van der Waals surface area contributed by atoms with Crippen molar-refractivity contribution in [2.24, 2.45) is 0 Å². The van der Waals surface area contributed by atoms with Crippen LogP contribution in [-0.4, -0.2) is 4.98 Å². The van der Waals surface area contributed by atoms with E-state index in [0.717, 1.165) is 16.7 Å². The zero-order chi connectivity index (χ0) is 18.0. The number of nitrogens with zero attached hydrogens (tertiary/aromatic N) is 2. The van der Waals surface area contributed by atoms with Crippen molar-refractivity contribution in [2.75, 3.05) is 0 Å². The zero-order valence-electron chi connectivity index (χ0n) is 12.7. The van der Waals surface area contributed by atoms with E-state index >= 15 is 0 Å². The number of nitriles is 1. The molecular weight excluding hydrogens is 398 g/mol. The molecule has 0 saturated heterocycles. The minimum absolute atomic E-state index is 0.154. The summed E-state index contributed by atoms with van der Waals surface area (Å²) in [7, 11) is 0. The predicted octanol–water partition coefficient (Wildman–Crippen LogP) is 7.10. The van der Waals surface area contributed by atoms with Gasteiger partial charge >= 0.3 is 0 Å². The van der Waals surface area contributed by atoms with Crippen LogP contribution >= 0.6 is 46.4 Å². The number of benzene rings is 2. The van der Waals surface area contributed by atoms with Gasteiger partial charge < -0.3 is 0 Å². The fraction of sp³-hybridized carbons (Fsp3) is 0.0526. The van der Waals surface area contributed by atoms with Crippen molar-refractivity contribution in [3.63, 3.8) is 0 Å². The van der Waals surface area contributed by atoms with Crippen LogP contribution in [0, 0.1) is 11.3 Å². The molecule has 2 nitrogen and oxygen atoms in total. The van der Waals surface area contributed by atoms with Crippen molar-refractivity contribution in [2.45, 2.75) is 6.42 Å². The molecule has 0 spiro atoms. The first-order valence-electron chi connectivity index (χ1n) is 7.26. The zero-order valence-corrected chi connectivity index (χ0v) is 15.8. The second-order valence-electron chi connectivity index (χ2n) is 5.34. The standard InChI is InChI=1S/C19H10Cl4N2/c20-13-5-11(6-14(21)9-13)17-1-2-18(25-19(17)3-4-24)12-7-15(22)10-16(23)8-12/h1-2,5-10H,3H2. The molecule has 0 bridgehead atoms. The number of hydrogen-bond acceptors (Lipinski definition) is 2. The Hall–Kier alpha value is -1.76. The van der Waals surface area contributed by atoms with Crippen molar-refractivity contribution in [3.8, 4) is 28.5 Å². The molecule has 0 saturated carbocycles. The minimum Gasteiger partial charge on any atom is -0.251 e. The Bertz CT molecular complexity index is 953. The third-order valence-electron chi connectivity index (χ3n) is 3.55. The van der Waals surface area contributed by atoms with Crippen LogP contribution in [0.15, 0.2) is 48.5 Å². The normalized spacial score (nSPS) is 10.5. The van der Waals surface area contributed by atoms with E-state index in [0.29, 0.717) is 31.5 Å². The summed E-state index contributed by atoms with van der Waals surface area (Å²) >= 11 is 24.3. The Kier molecular flexibility index (Phi) is 5.51. The lowest BCUT2D eigenvalue weighted by molar-refractivity contribution is 1.12. The van der Waals surface area contributed by atoms with E-state index in [2.05, 4.69) is 11.1 Å². The molecule has 0 aliphatic carbocycles. The SMILES string of the molecule is N#CCc1nc(-c2cc(Cl)cc(Cl)c2)ccc1-c1cc(Cl)cc(Cl)c1. The average Bonchev–Trinajstić information content (AvgIpc) is 2.53. The average molecular weight is 408 g/mol. The molecule has 0 atom stereocenters. The third-order valence-corrected chi connectivity index (χ3v) is 4.43. The number of rotatable bonds is 3. The summed E-state index contributed by atoms with van der Waals surface area (Å²) in [5, 5.41) is 11.3. The van der Waals surface area contributed by atoms with E-state index < -0.39 is 0 Å². The van der Waals surface area contributed by atoms with Crippen molar-refractivity contribution in [3.05, 3.63) is 74.3 Å². The van der Waals surface area contributed by atoms with Gasteiger partial charge in [0, 0.05) is 31.2 Å². The van der Waals surface area contributed by atoms with Gasteiger partial charge in [-0.1, -0.05) is 52.5 Å². The maximum atomic E-state index is 9.17. The lowest BCUT2D eigenvalue weighted by Gasteiger charge is -2.11. The van der Waals surface area contributed by atoms with Crippen molar-refractivity contribution in [1.82, 2.24) is 4.98 Å². The Labute approximate surface area is 165 Å². The maximum absolute atomic E-state index is 9.17. The van der Waals surface area contributed by atoms with Crippen LogP contribution in [0.2, 0.25) is 20.1 Å². The van der Waals surface area contributed by atoms with Gasteiger partial charge in [-0.05, 0) is 48.0 Å². The molecule has 25 heavy (non-hydrogen) atoms. The minimum atomic E-state index is 0.154. The second-order valence-corrected chi connectivity index (χ2v) is 7.09. The van der Waals surface area contributed by atoms with Gasteiger partial charge in [-0.3, -0.25) is 4.98 Å². The molecular formula is C19H10Cl4N2. The molecule has 2 aromatic carbocycles. The van der Waals surface area contributed by atoms with Crippen LogP contribution in [0.25, 0.3) is 22.4 Å². The highest BCUT2D eigenvalue weighted by atomic mass is 35.5. The van der Waals surface area contributed by atoms with E-state index in [9.17, 15) is 0 Å². The summed E-state index contributed by atoms with van der Waals surface area (Å²) in [5.41, 5.74) is 3.72. The van der Waals surface area contributed by atoms with Crippen LogP contribution in [0.5, 0.6) is 0 Å². The van der Waals surface area contributed by atoms with Gasteiger partial charge in [0.05, 0.1) is 23.9 Å². The largest absolute Gasteiger partial charge is 0.251 e. The van der Waals surface area contributed by atoms with Crippen molar-refractivity contribution in [1.29, 1.82) is 5.26 Å². The van der Waals surface area contributed by atoms with Crippen LogP contribution in [0.3, 0.4) is 0 Å². The summed E-state index contributed by atoms with van der Waals surface area (Å²) in [6, 6.07) is 16.4. The molecule has 0 fully saturated rings. The van der Waals surface area contributed by atoms with Crippen LogP contribution in [0.1, 0.15) is 5.69 Å². The Morgan fingerprint density at radius 2 is 1.28 bits per heavy atom. The second kappa shape index (κ2) is 7.64. The van der Waals surface area contributed by atoms with E-state index in [1.165, 1.54) is 0 Å². The molecule has 0 radical (unpaired) electrons. The van der Waals surface area contributed by atoms with Crippen LogP contribution in [0.4, 0.5) is 0 Å². The highest BCUT2D eigenvalue weighted by Crippen LogP contribution is 2.32. The molecule has 0 aliphatic heterocycles. The van der Waals surface area contributed by atoms with E-state index in [1.54, 1.807) is 36.4 Å². The molecule has 0 unspecified atom stereocenters. The first-order valence-corrected chi connectivity index (χ1v) is 8.77. The highest BCUT2D eigenvalue weighted by Gasteiger charge is 2.11. The predicted molar refractivity (Wildman–Crippen MR) is 104 cm³/mol. The highest BCUT2D eigenvalue weighted by molar-refractivity contribution is 6.35. The molecule has 0 N–H and O–H groups in total. The molecule has 3 aromatic rings. The molecule has 6 heteroatoms. The molecule has 1 aromatic heterocycles. The summed E-state index contributed by atoms with van der Waals surface area (Å²) in [5.74, 6) is 0. The van der Waals surface area contributed by atoms with Gasteiger partial charge in [0.15, 0.2) is 0 Å². The van der Waals surface area contributed by atoms with Gasteiger partial charge in [-0.15, -0.1) is 0 Å². The first-order chi connectivity index (χ1) is 12.0. The summed E-state index contributed by atoms with van der Waals surface area (Å²) in [4.78, 5) is 4.62. The van der Waals surface area contributed by atoms with Crippen molar-refractivity contribution < 1.29 is 0 Å². The monoisotopic (exact) mass is 406 g/mol. The molecule has 0 aliphatic rings. The maximum Gasteiger partial charge on any atom is 0.0781 e. The third kappa shape index (κ3) is 4.26. The van der Waals surface area contributed by atoms with E-state index in [1.807, 2.05) is 12.1 Å². The lowest BCUT2D eigenvalue weighted by atomic mass is 10.0. The number of pyridine rings is 1. The Balaban J connectivity index is 2.14. The first kappa shape index (κ1) is 18.0. The lowest BCUT2D eigenvalue weighted by Crippen LogP contribution is -1.96. The summed E-state index contributed by atoms with van der Waals surface area (Å²) in [6.45, 7) is 0. The Morgan fingerprint density at radius 3 is 1.80 bits per heavy atom. The van der Waals surface area contributed by atoms with Gasteiger partial charge in [0.2, 0.25) is 0 Å². The van der Waals surface area contributed by atoms with E-state index in [-0.39, 0.29) is 6.42 Å². The number of halogens is 4. The van der Waals surface area contributed by atoms with Gasteiger partial charge in [0.25, 0.3) is 0 Å². The summed E-state index contributed by atoms with van der Waals surface area (Å²) in [6.07, 6.45) is 0.154. The summed E-state index contributed by atoms with van der Waals surface area (Å²) < 4.78 is 0. The Morgan fingerprint density at radius 1 is 0.760 bits per heavy atom. The quantitative estimate of drug-likeness (QED) is 0.464. The topological polar surface area (TPSA) is 36.7 Å². The van der Waals surface area contributed by atoms with E-state index in [4.69, 9.17) is 51.7 Å². The fourth-order valence-electron chi connectivity index (χ4n) is 2.55. The molecule has 124 valence electrons.